The Morgan fingerprint density at radius 3 is 2.95 bits per heavy atom. The molecule has 0 saturated heterocycles. The van der Waals surface area contributed by atoms with Crippen molar-refractivity contribution in [2.45, 2.75) is 13.5 Å². The molecule has 0 fully saturated rings. The summed E-state index contributed by atoms with van der Waals surface area (Å²) in [7, 11) is 1.57. The molecule has 0 radical (unpaired) electrons. The third-order valence-electron chi connectivity index (χ3n) is 2.98. The first-order chi connectivity index (χ1) is 10.1. The number of aromatic nitrogens is 4. The molecule has 0 aliphatic heterocycles. The lowest BCUT2D eigenvalue weighted by Crippen LogP contribution is -1.97. The van der Waals surface area contributed by atoms with Crippen LogP contribution in [-0.2, 0) is 11.3 Å². The monoisotopic (exact) mass is 305 g/mol. The molecule has 1 aromatic carbocycles. The maximum atomic E-state index is 11.0. The van der Waals surface area contributed by atoms with Crippen LogP contribution in [0.15, 0.2) is 18.2 Å². The highest BCUT2D eigenvalue weighted by atomic mass is 32.1. The first kappa shape index (κ1) is 13.6. The van der Waals surface area contributed by atoms with Crippen LogP contribution in [0.25, 0.3) is 15.5 Å². The third-order valence-corrected chi connectivity index (χ3v) is 3.93. The topological polar surface area (TPSA) is 95.5 Å². The Balaban J connectivity index is 2.08. The van der Waals surface area contributed by atoms with E-state index in [2.05, 4.69) is 15.3 Å². The summed E-state index contributed by atoms with van der Waals surface area (Å²) in [5.74, 6) is 0.594. The summed E-state index contributed by atoms with van der Waals surface area (Å²) in [6, 6.07) is 5.05. The number of nitro groups is 1. The largest absolute Gasteiger partial charge is 0.377 e. The van der Waals surface area contributed by atoms with Crippen LogP contribution in [0, 0.1) is 17.0 Å². The minimum absolute atomic E-state index is 0.0792. The van der Waals surface area contributed by atoms with Gasteiger partial charge in [-0.2, -0.15) is 9.61 Å². The fraction of sp³-hybridized carbons (Fsp3) is 0.250. The summed E-state index contributed by atoms with van der Waals surface area (Å²) in [5, 5.41) is 24.0. The summed E-state index contributed by atoms with van der Waals surface area (Å²) >= 11 is 1.32. The molecule has 2 aromatic heterocycles. The van der Waals surface area contributed by atoms with E-state index in [1.807, 2.05) is 6.07 Å². The highest BCUT2D eigenvalue weighted by Gasteiger charge is 2.16. The number of nitrogens with zero attached hydrogens (tertiary/aromatic N) is 5. The Morgan fingerprint density at radius 2 is 2.24 bits per heavy atom. The lowest BCUT2D eigenvalue weighted by Gasteiger charge is -1.99. The van der Waals surface area contributed by atoms with E-state index in [4.69, 9.17) is 4.74 Å². The van der Waals surface area contributed by atoms with Gasteiger partial charge >= 0.3 is 0 Å². The third kappa shape index (κ3) is 2.36. The van der Waals surface area contributed by atoms with E-state index < -0.39 is 4.92 Å². The van der Waals surface area contributed by atoms with Crippen LogP contribution >= 0.6 is 11.3 Å². The number of hydrogen-bond donors (Lipinski definition) is 0. The Labute approximate surface area is 123 Å². The van der Waals surface area contributed by atoms with Gasteiger partial charge in [0.25, 0.3) is 5.69 Å². The lowest BCUT2D eigenvalue weighted by molar-refractivity contribution is -0.385. The molecule has 3 rings (SSSR count). The van der Waals surface area contributed by atoms with Crippen molar-refractivity contribution < 1.29 is 9.66 Å². The van der Waals surface area contributed by atoms with Crippen molar-refractivity contribution in [2.24, 2.45) is 0 Å². The van der Waals surface area contributed by atoms with E-state index in [-0.39, 0.29) is 5.69 Å². The van der Waals surface area contributed by atoms with Gasteiger partial charge in [-0.25, -0.2) is 0 Å². The van der Waals surface area contributed by atoms with Crippen LogP contribution in [0.5, 0.6) is 0 Å². The second kappa shape index (κ2) is 5.19. The second-order valence-electron chi connectivity index (χ2n) is 4.41. The average Bonchev–Trinajstić information content (AvgIpc) is 3.01. The van der Waals surface area contributed by atoms with E-state index in [9.17, 15) is 10.1 Å². The van der Waals surface area contributed by atoms with E-state index in [0.717, 1.165) is 0 Å². The van der Waals surface area contributed by atoms with Gasteiger partial charge in [-0.1, -0.05) is 23.5 Å². The molecule has 0 bridgehead atoms. The van der Waals surface area contributed by atoms with Gasteiger partial charge in [0.05, 0.1) is 4.92 Å². The number of benzene rings is 1. The Morgan fingerprint density at radius 1 is 1.43 bits per heavy atom. The number of hydrogen-bond acceptors (Lipinski definition) is 7. The summed E-state index contributed by atoms with van der Waals surface area (Å²) in [5.41, 5.74) is 1.38. The quantitative estimate of drug-likeness (QED) is 0.541. The van der Waals surface area contributed by atoms with Gasteiger partial charge in [-0.05, 0) is 6.92 Å². The number of nitro benzene ring substituents is 1. The number of methoxy groups -OCH3 is 1. The molecule has 21 heavy (non-hydrogen) atoms. The average molecular weight is 305 g/mol. The van der Waals surface area contributed by atoms with Gasteiger partial charge < -0.3 is 4.74 Å². The van der Waals surface area contributed by atoms with Crippen LogP contribution in [-0.4, -0.2) is 31.8 Å². The molecule has 8 nitrogen and oxygen atoms in total. The van der Waals surface area contributed by atoms with Gasteiger partial charge in [-0.15, -0.1) is 10.2 Å². The van der Waals surface area contributed by atoms with Crippen LogP contribution in [0.4, 0.5) is 5.69 Å². The lowest BCUT2D eigenvalue weighted by atomic mass is 10.1. The van der Waals surface area contributed by atoms with Crippen molar-refractivity contribution in [2.75, 3.05) is 7.11 Å². The zero-order valence-electron chi connectivity index (χ0n) is 11.3. The van der Waals surface area contributed by atoms with Crippen molar-refractivity contribution in [3.05, 3.63) is 39.7 Å². The van der Waals surface area contributed by atoms with Gasteiger partial charge in [0.2, 0.25) is 4.96 Å². The van der Waals surface area contributed by atoms with E-state index in [1.165, 1.54) is 17.4 Å². The molecule has 0 aliphatic rings. The van der Waals surface area contributed by atoms with Crippen molar-refractivity contribution in [3.63, 3.8) is 0 Å². The second-order valence-corrected chi connectivity index (χ2v) is 5.37. The molecule has 0 spiro atoms. The van der Waals surface area contributed by atoms with E-state index in [0.29, 0.717) is 33.5 Å². The number of fused-ring (bicyclic) bond motifs is 1. The molecule has 2 heterocycles. The van der Waals surface area contributed by atoms with Crippen LogP contribution < -0.4 is 0 Å². The number of aryl methyl sites for hydroxylation is 1. The first-order valence-electron chi connectivity index (χ1n) is 6.05. The summed E-state index contributed by atoms with van der Waals surface area (Å²) in [4.78, 5) is 11.2. The molecule has 0 atom stereocenters. The molecular formula is C12H11N5O3S. The van der Waals surface area contributed by atoms with E-state index in [1.54, 1.807) is 24.6 Å². The molecule has 0 saturated carbocycles. The Kier molecular flexibility index (Phi) is 3.35. The highest BCUT2D eigenvalue weighted by Crippen LogP contribution is 2.29. The predicted octanol–water partition coefficient (Wildman–Crippen LogP) is 2.22. The van der Waals surface area contributed by atoms with Gasteiger partial charge in [-0.3, -0.25) is 10.1 Å². The van der Waals surface area contributed by atoms with Crippen LogP contribution in [0.1, 0.15) is 11.4 Å². The molecule has 3 aromatic rings. The minimum atomic E-state index is -0.393. The van der Waals surface area contributed by atoms with Crippen LogP contribution in [0.2, 0.25) is 0 Å². The Bertz CT molecular complexity index is 826. The maximum absolute atomic E-state index is 11.0. The van der Waals surface area contributed by atoms with E-state index >= 15 is 0 Å². The molecule has 0 unspecified atom stereocenters. The maximum Gasteiger partial charge on any atom is 0.273 e. The zero-order valence-corrected chi connectivity index (χ0v) is 12.1. The SMILES string of the molecule is COCc1nnc2sc(-c3ccc(C)c([N+](=O)[O-])c3)nn12. The van der Waals surface area contributed by atoms with Crippen molar-refractivity contribution in [1.29, 1.82) is 0 Å². The minimum Gasteiger partial charge on any atom is -0.377 e. The normalized spacial score (nSPS) is 11.1. The van der Waals surface area contributed by atoms with Crippen molar-refractivity contribution in [1.82, 2.24) is 19.8 Å². The zero-order chi connectivity index (χ0) is 15.0. The molecule has 0 aliphatic carbocycles. The molecule has 0 N–H and O–H groups in total. The number of rotatable bonds is 4. The standard InChI is InChI=1S/C12H11N5O3S/c1-7-3-4-8(5-9(7)17(18)19)11-15-16-10(6-20-2)13-14-12(16)21-11/h3-5H,6H2,1-2H3. The fourth-order valence-electron chi connectivity index (χ4n) is 1.93. The highest BCUT2D eigenvalue weighted by molar-refractivity contribution is 7.19. The smallest absolute Gasteiger partial charge is 0.273 e. The molecule has 108 valence electrons. The first-order valence-corrected chi connectivity index (χ1v) is 6.87. The number of ether oxygens (including phenoxy) is 1. The molecule has 9 heteroatoms. The summed E-state index contributed by atoms with van der Waals surface area (Å²) < 4.78 is 6.62. The molecular weight excluding hydrogens is 294 g/mol. The van der Waals surface area contributed by atoms with Crippen LogP contribution in [0.3, 0.4) is 0 Å². The predicted molar refractivity (Wildman–Crippen MR) is 76.2 cm³/mol. The summed E-state index contributed by atoms with van der Waals surface area (Å²) in [6.45, 7) is 2.01. The van der Waals surface area contributed by atoms with Gasteiger partial charge in [0.15, 0.2) is 5.82 Å². The Hall–Kier alpha value is -2.39. The van der Waals surface area contributed by atoms with Crippen molar-refractivity contribution >= 4 is 22.0 Å². The van der Waals surface area contributed by atoms with Gasteiger partial charge in [0, 0.05) is 24.3 Å². The van der Waals surface area contributed by atoms with Crippen molar-refractivity contribution in [3.8, 4) is 10.6 Å². The fourth-order valence-corrected chi connectivity index (χ4v) is 2.79. The molecule has 0 amide bonds. The van der Waals surface area contributed by atoms with Gasteiger partial charge in [0.1, 0.15) is 11.6 Å². The summed E-state index contributed by atoms with van der Waals surface area (Å²) in [6.07, 6.45) is 0.